The van der Waals surface area contributed by atoms with E-state index in [1.807, 2.05) is 18.2 Å². The number of rotatable bonds is 8. The summed E-state index contributed by atoms with van der Waals surface area (Å²) in [4.78, 5) is 29.6. The second-order valence-corrected chi connectivity index (χ2v) is 9.76. The van der Waals surface area contributed by atoms with Gasteiger partial charge in [0, 0.05) is 42.6 Å². The maximum atomic E-state index is 12.0. The van der Waals surface area contributed by atoms with Crippen LogP contribution in [0, 0.1) is 5.92 Å². The van der Waals surface area contributed by atoms with Crippen LogP contribution in [0.5, 0.6) is 0 Å². The summed E-state index contributed by atoms with van der Waals surface area (Å²) < 4.78 is 0. The molecule has 0 radical (unpaired) electrons. The third kappa shape index (κ3) is 5.73. The van der Waals surface area contributed by atoms with Crippen LogP contribution in [0.15, 0.2) is 36.8 Å². The standard InChI is InChI=1S/C25H30ClN7O/c26-24-23-18(10-11-27-24)6-9-21(33-23)31-20-7-4-16(5-8-20)13-28-25-29-14-17(15-30-25)12-22(34)32-19-2-1-3-19/h6,9-11,14-16,19-20H,1-5,7-8,12-13H2,(H,31,33)(H,32,34)(H,28,29,30)/t16-,20-. The predicted molar refractivity (Wildman–Crippen MR) is 134 cm³/mol. The molecule has 3 N–H and O–H groups in total. The highest BCUT2D eigenvalue weighted by Gasteiger charge is 2.22. The van der Waals surface area contributed by atoms with E-state index in [4.69, 9.17) is 11.6 Å². The van der Waals surface area contributed by atoms with E-state index in [-0.39, 0.29) is 5.91 Å². The van der Waals surface area contributed by atoms with Gasteiger partial charge in [0.15, 0.2) is 5.15 Å². The summed E-state index contributed by atoms with van der Waals surface area (Å²) in [7, 11) is 0. The van der Waals surface area contributed by atoms with E-state index in [0.717, 1.165) is 67.4 Å². The quantitative estimate of drug-likeness (QED) is 0.412. The highest BCUT2D eigenvalue weighted by molar-refractivity contribution is 6.33. The maximum Gasteiger partial charge on any atom is 0.224 e. The molecule has 8 nitrogen and oxygen atoms in total. The second-order valence-electron chi connectivity index (χ2n) is 9.40. The second kappa shape index (κ2) is 10.5. The average molecular weight is 480 g/mol. The Hall–Kier alpha value is -3.00. The number of fused-ring (bicyclic) bond motifs is 1. The van der Waals surface area contributed by atoms with Crippen LogP contribution in [0.3, 0.4) is 0 Å². The van der Waals surface area contributed by atoms with Crippen molar-refractivity contribution in [1.82, 2.24) is 25.3 Å². The Morgan fingerprint density at radius 3 is 2.50 bits per heavy atom. The molecule has 2 aliphatic rings. The van der Waals surface area contributed by atoms with E-state index in [1.165, 1.54) is 6.42 Å². The van der Waals surface area contributed by atoms with E-state index in [2.05, 4.69) is 35.9 Å². The van der Waals surface area contributed by atoms with Crippen LogP contribution >= 0.6 is 11.6 Å². The van der Waals surface area contributed by atoms with Crippen molar-refractivity contribution in [2.24, 2.45) is 5.92 Å². The number of halogens is 1. The molecule has 0 aromatic carbocycles. The van der Waals surface area contributed by atoms with Gasteiger partial charge in [-0.1, -0.05) is 11.6 Å². The van der Waals surface area contributed by atoms with E-state index >= 15 is 0 Å². The smallest absolute Gasteiger partial charge is 0.224 e. The first-order chi connectivity index (χ1) is 16.6. The van der Waals surface area contributed by atoms with Crippen molar-refractivity contribution >= 4 is 40.2 Å². The molecule has 0 saturated heterocycles. The van der Waals surface area contributed by atoms with E-state index in [0.29, 0.717) is 35.5 Å². The first kappa shape index (κ1) is 22.8. The summed E-state index contributed by atoms with van der Waals surface area (Å²) in [6, 6.07) is 6.71. The normalized spacial score (nSPS) is 20.5. The van der Waals surface area contributed by atoms with Gasteiger partial charge in [-0.25, -0.2) is 19.9 Å². The van der Waals surface area contributed by atoms with Crippen LogP contribution in [0.2, 0.25) is 5.15 Å². The molecule has 9 heteroatoms. The predicted octanol–water partition coefficient (Wildman–Crippen LogP) is 4.37. The van der Waals surface area contributed by atoms with E-state index in [1.54, 1.807) is 18.6 Å². The molecular formula is C25H30ClN7O. The van der Waals surface area contributed by atoms with Crippen molar-refractivity contribution < 1.29 is 4.79 Å². The first-order valence-electron chi connectivity index (χ1n) is 12.1. The van der Waals surface area contributed by atoms with Gasteiger partial charge in [0.2, 0.25) is 11.9 Å². The Bertz CT molecular complexity index is 1130. The van der Waals surface area contributed by atoms with Gasteiger partial charge in [0.1, 0.15) is 11.3 Å². The molecule has 2 aliphatic carbocycles. The SMILES string of the molecule is O=C(Cc1cnc(NC[C@H]2CC[C@H](Nc3ccc4ccnc(Cl)c4n3)CC2)nc1)NC1CCC1. The number of amides is 1. The molecule has 0 spiro atoms. The van der Waals surface area contributed by atoms with Crippen LogP contribution in [-0.4, -0.2) is 44.5 Å². The van der Waals surface area contributed by atoms with Gasteiger partial charge in [-0.05, 0) is 74.6 Å². The van der Waals surface area contributed by atoms with Crippen molar-refractivity contribution in [3.05, 3.63) is 47.5 Å². The van der Waals surface area contributed by atoms with Gasteiger partial charge in [0.25, 0.3) is 0 Å². The highest BCUT2D eigenvalue weighted by atomic mass is 35.5. The van der Waals surface area contributed by atoms with Gasteiger partial charge in [-0.15, -0.1) is 0 Å². The summed E-state index contributed by atoms with van der Waals surface area (Å²) in [6.07, 6.45) is 13.3. The number of carbonyl (C=O) groups is 1. The Kier molecular flexibility index (Phi) is 7.04. The van der Waals surface area contributed by atoms with Gasteiger partial charge in [0.05, 0.1) is 6.42 Å². The van der Waals surface area contributed by atoms with E-state index in [9.17, 15) is 4.79 Å². The van der Waals surface area contributed by atoms with Gasteiger partial charge in [-0.2, -0.15) is 0 Å². The zero-order chi connectivity index (χ0) is 23.3. The lowest BCUT2D eigenvalue weighted by Crippen LogP contribution is -2.40. The molecule has 1 amide bonds. The molecular weight excluding hydrogens is 450 g/mol. The molecule has 3 aromatic rings. The van der Waals surface area contributed by atoms with Crippen LogP contribution in [0.1, 0.15) is 50.5 Å². The average Bonchev–Trinajstić information content (AvgIpc) is 2.82. The van der Waals surface area contributed by atoms with Crippen LogP contribution in [0.25, 0.3) is 10.9 Å². The lowest BCUT2D eigenvalue weighted by atomic mass is 9.86. The topological polar surface area (TPSA) is 105 Å². The molecule has 178 valence electrons. The number of hydrogen-bond donors (Lipinski definition) is 3. The summed E-state index contributed by atoms with van der Waals surface area (Å²) in [5.41, 5.74) is 1.57. The van der Waals surface area contributed by atoms with Crippen molar-refractivity contribution in [3.8, 4) is 0 Å². The summed E-state index contributed by atoms with van der Waals surface area (Å²) in [6.45, 7) is 0.851. The molecule has 2 saturated carbocycles. The van der Waals surface area contributed by atoms with Crippen molar-refractivity contribution in [2.45, 2.75) is 63.5 Å². The lowest BCUT2D eigenvalue weighted by Gasteiger charge is -2.29. The molecule has 5 rings (SSSR count). The Labute approximate surface area is 204 Å². The third-order valence-electron chi connectivity index (χ3n) is 6.85. The number of hydrogen-bond acceptors (Lipinski definition) is 7. The Morgan fingerprint density at radius 1 is 0.971 bits per heavy atom. The largest absolute Gasteiger partial charge is 0.367 e. The maximum absolute atomic E-state index is 12.0. The van der Waals surface area contributed by atoms with Crippen molar-refractivity contribution in [3.63, 3.8) is 0 Å². The minimum absolute atomic E-state index is 0.0537. The Balaban J connectivity index is 1.05. The minimum atomic E-state index is 0.0537. The van der Waals surface area contributed by atoms with Crippen LogP contribution in [0.4, 0.5) is 11.8 Å². The number of nitrogens with zero attached hydrogens (tertiary/aromatic N) is 4. The highest BCUT2D eigenvalue weighted by Crippen LogP contribution is 2.28. The fourth-order valence-electron chi connectivity index (χ4n) is 4.60. The van der Waals surface area contributed by atoms with Crippen molar-refractivity contribution in [1.29, 1.82) is 0 Å². The van der Waals surface area contributed by atoms with E-state index < -0.39 is 0 Å². The monoisotopic (exact) mass is 479 g/mol. The molecule has 3 aromatic heterocycles. The minimum Gasteiger partial charge on any atom is -0.367 e. The fraction of sp³-hybridized carbons (Fsp3) is 0.480. The van der Waals surface area contributed by atoms with Gasteiger partial charge in [-0.3, -0.25) is 4.79 Å². The molecule has 3 heterocycles. The summed E-state index contributed by atoms with van der Waals surface area (Å²) in [5, 5.41) is 11.4. The van der Waals surface area contributed by atoms with Crippen molar-refractivity contribution in [2.75, 3.05) is 17.2 Å². The fourth-order valence-corrected chi connectivity index (χ4v) is 4.81. The Morgan fingerprint density at radius 2 is 1.76 bits per heavy atom. The number of pyridine rings is 2. The number of nitrogens with one attached hydrogen (secondary N) is 3. The molecule has 0 atom stereocenters. The molecule has 0 unspecified atom stereocenters. The zero-order valence-electron chi connectivity index (χ0n) is 19.1. The van der Waals surface area contributed by atoms with Gasteiger partial charge >= 0.3 is 0 Å². The number of carbonyl (C=O) groups excluding carboxylic acids is 1. The molecule has 34 heavy (non-hydrogen) atoms. The first-order valence-corrected chi connectivity index (χ1v) is 12.5. The number of aromatic nitrogens is 4. The zero-order valence-corrected chi connectivity index (χ0v) is 19.9. The molecule has 0 aliphatic heterocycles. The number of anilines is 2. The summed E-state index contributed by atoms with van der Waals surface area (Å²) in [5.74, 6) is 2.10. The van der Waals surface area contributed by atoms with Crippen LogP contribution < -0.4 is 16.0 Å². The van der Waals surface area contributed by atoms with Crippen LogP contribution in [-0.2, 0) is 11.2 Å². The summed E-state index contributed by atoms with van der Waals surface area (Å²) >= 11 is 6.20. The van der Waals surface area contributed by atoms with Gasteiger partial charge < -0.3 is 16.0 Å². The molecule has 2 fully saturated rings. The molecule has 0 bridgehead atoms. The lowest BCUT2D eigenvalue weighted by molar-refractivity contribution is -0.121. The third-order valence-corrected chi connectivity index (χ3v) is 7.13.